The van der Waals surface area contributed by atoms with Crippen molar-refractivity contribution in [1.29, 1.82) is 0 Å². The largest absolute Gasteiger partial charge is 0.454 e. The van der Waals surface area contributed by atoms with Gasteiger partial charge in [-0.3, -0.25) is 44.1 Å². The highest BCUT2D eigenvalue weighted by Gasteiger charge is 2.33. The third kappa shape index (κ3) is 27.0. The number of carbonyl (C=O) groups is 9. The molecule has 4 aromatic carbocycles. The first-order chi connectivity index (χ1) is 46.3. The van der Waals surface area contributed by atoms with Crippen molar-refractivity contribution in [3.8, 4) is 22.6 Å². The Kier molecular flexibility index (Phi) is 35.0. The maximum Gasteiger partial charge on any atom is 0.328 e. The normalized spacial score (nSPS) is 11.8. The molecule has 26 nitrogen and oxygen atoms in total. The number of benzene rings is 4. The number of ether oxygens (including phenoxy) is 2. The summed E-state index contributed by atoms with van der Waals surface area (Å²) in [6.45, 7) is 4.39. The Bertz CT molecular complexity index is 3070. The average Bonchev–Trinajstić information content (AvgIpc) is 1.41. The molecule has 26 heteroatoms. The number of hydrogen-bond donors (Lipinski definition) is 7. The van der Waals surface area contributed by atoms with E-state index in [2.05, 4.69) is 11.1 Å². The second kappa shape index (κ2) is 42.9. The molecule has 0 bridgehead atoms. The standard InChI is InChI=1S/C70H105N15O11/c1-53(2)42-83(70(94)51-85(54(3)57-18-6-4-7-19-57)63(87)41-77-34-14-10-29-71)49-67(91)80(37-17-13-32-74)48-69(93)84(43-56-24-27-60-61(40-56)96-52-95-60)50-68(92)79(36-16-12-31-73)45-64(88)78(35-15-11-30-72)46-66(90)82(39-33-75)47-65(89)81(44-62(76)86)38-28-55-22-25-59(26-23-55)58-20-8-5-9-21-58/h4-9,18-27,40,53-54,77H,10-17,28-39,41-52,71-75H2,1-3H3,(H2,76,86)/p+1. The zero-order valence-corrected chi connectivity index (χ0v) is 56.8. The molecule has 0 saturated carbocycles. The number of amides is 9. The summed E-state index contributed by atoms with van der Waals surface area (Å²) in [5.74, 6) is -3.92. The first-order valence-electron chi connectivity index (χ1n) is 33.7. The van der Waals surface area contributed by atoms with Crippen LogP contribution in [0.1, 0.15) is 94.9 Å². The van der Waals surface area contributed by atoms with Crippen molar-refractivity contribution in [2.45, 2.75) is 91.1 Å². The number of nitrogens with one attached hydrogen (secondary N) is 1. The van der Waals surface area contributed by atoms with Crippen LogP contribution in [0.25, 0.3) is 11.1 Å². The Labute approximate surface area is 566 Å². The third-order valence-electron chi connectivity index (χ3n) is 16.4. The molecule has 0 saturated heterocycles. The lowest BCUT2D eigenvalue weighted by Crippen LogP contribution is -2.62. The summed E-state index contributed by atoms with van der Waals surface area (Å²) in [4.78, 5) is 140. The van der Waals surface area contributed by atoms with E-state index in [1.165, 1.54) is 39.2 Å². The van der Waals surface area contributed by atoms with Crippen LogP contribution in [0.5, 0.6) is 11.5 Å². The van der Waals surface area contributed by atoms with E-state index < -0.39 is 92.6 Å². The van der Waals surface area contributed by atoms with Gasteiger partial charge in [-0.2, -0.15) is 0 Å². The Morgan fingerprint density at radius 3 is 1.39 bits per heavy atom. The van der Waals surface area contributed by atoms with Gasteiger partial charge < -0.3 is 82.7 Å². The molecule has 1 aliphatic heterocycles. The van der Waals surface area contributed by atoms with Crippen molar-refractivity contribution in [3.05, 3.63) is 120 Å². The summed E-state index contributed by atoms with van der Waals surface area (Å²) < 4.78 is 11.2. The summed E-state index contributed by atoms with van der Waals surface area (Å²) in [6, 6.07) is 31.8. The molecule has 4 aromatic rings. The van der Waals surface area contributed by atoms with Crippen molar-refractivity contribution in [2.75, 3.05) is 144 Å². The summed E-state index contributed by atoms with van der Waals surface area (Å²) in [5, 5.41) is 3.18. The first kappa shape index (κ1) is 78.3. The SMILES string of the molecule is CC(C)CN(CC(=O)N(CCCCN)CC(=O)N(CC(=O)N(CCCCN)CC(=O)N(CCCCN)CC(=O)N(CCN)CC(=O)N(CCc1ccc(-c2ccccc2)cc1)CC([NH3+])=O)Cc1ccc2c(c1)OCO2)C(=O)CN(C(=O)CNCCCCN)C(C)c1ccccc1. The summed E-state index contributed by atoms with van der Waals surface area (Å²) >= 11 is 0. The van der Waals surface area contributed by atoms with Crippen molar-refractivity contribution < 1.29 is 58.4 Å². The molecule has 5 rings (SSSR count). The van der Waals surface area contributed by atoms with Gasteiger partial charge >= 0.3 is 5.91 Å². The van der Waals surface area contributed by atoms with Gasteiger partial charge in [0.15, 0.2) is 11.5 Å². The van der Waals surface area contributed by atoms with Crippen molar-refractivity contribution >= 4 is 53.2 Å². The zero-order chi connectivity index (χ0) is 69.8. The Morgan fingerprint density at radius 1 is 0.438 bits per heavy atom. The molecule has 1 unspecified atom stereocenters. The molecular formula is C70H106N15O11+. The van der Waals surface area contributed by atoms with E-state index in [4.69, 9.17) is 38.1 Å². The van der Waals surface area contributed by atoms with Gasteiger partial charge in [-0.25, -0.2) is 4.79 Å². The van der Waals surface area contributed by atoms with Crippen LogP contribution in [-0.4, -0.2) is 237 Å². The minimum Gasteiger partial charge on any atom is -0.454 e. The van der Waals surface area contributed by atoms with Crippen molar-refractivity contribution in [1.82, 2.24) is 44.5 Å². The number of nitrogens with zero attached hydrogens (tertiary/aromatic N) is 8. The highest BCUT2D eigenvalue weighted by atomic mass is 16.7. The van der Waals surface area contributed by atoms with E-state index in [0.717, 1.165) is 35.1 Å². The zero-order valence-electron chi connectivity index (χ0n) is 56.8. The lowest BCUT2D eigenvalue weighted by atomic mass is 10.0. The second-order valence-corrected chi connectivity index (χ2v) is 24.6. The van der Waals surface area contributed by atoms with Gasteiger partial charge in [0.2, 0.25) is 54.1 Å². The van der Waals surface area contributed by atoms with Crippen LogP contribution in [0.4, 0.5) is 0 Å². The maximum absolute atomic E-state index is 15.1. The minimum absolute atomic E-state index is 0.0169. The molecule has 0 aliphatic carbocycles. The van der Waals surface area contributed by atoms with Gasteiger partial charge in [0, 0.05) is 52.4 Å². The number of carbonyl (C=O) groups excluding carboxylic acids is 9. The third-order valence-corrected chi connectivity index (χ3v) is 16.4. The summed E-state index contributed by atoms with van der Waals surface area (Å²) in [5.41, 5.74) is 37.4. The number of unbranched alkanes of at least 4 members (excludes halogenated alkanes) is 4. The predicted octanol–water partition coefficient (Wildman–Crippen LogP) is 1.14. The van der Waals surface area contributed by atoms with E-state index in [1.807, 2.05) is 106 Å². The Hall–Kier alpha value is -8.37. The van der Waals surface area contributed by atoms with Crippen LogP contribution in [0.2, 0.25) is 0 Å². The number of fused-ring (bicyclic) bond motifs is 1. The first-order valence-corrected chi connectivity index (χ1v) is 33.7. The minimum atomic E-state index is -0.622. The molecule has 9 amide bonds. The topological polar surface area (TPSA) is 368 Å². The molecule has 96 heavy (non-hydrogen) atoms. The van der Waals surface area contributed by atoms with Gasteiger partial charge in [-0.15, -0.1) is 0 Å². The highest BCUT2D eigenvalue weighted by Crippen LogP contribution is 2.33. The predicted molar refractivity (Wildman–Crippen MR) is 367 cm³/mol. The van der Waals surface area contributed by atoms with Crippen LogP contribution >= 0.6 is 0 Å². The fourth-order valence-electron chi connectivity index (χ4n) is 11.0. The van der Waals surface area contributed by atoms with E-state index in [1.54, 1.807) is 18.2 Å². The number of hydrogen-bond acceptors (Lipinski definition) is 17. The van der Waals surface area contributed by atoms with Crippen molar-refractivity contribution in [2.24, 2.45) is 34.6 Å². The lowest BCUT2D eigenvalue weighted by Gasteiger charge is -2.34. The summed E-state index contributed by atoms with van der Waals surface area (Å²) in [6.07, 6.45) is 4.66. The van der Waals surface area contributed by atoms with Gasteiger partial charge in [-0.05, 0) is 143 Å². The molecule has 0 fully saturated rings. The smallest absolute Gasteiger partial charge is 0.328 e. The average molecular weight is 1330 g/mol. The number of rotatable bonds is 46. The van der Waals surface area contributed by atoms with E-state index >= 15 is 9.59 Å². The quantitative estimate of drug-likeness (QED) is 0.0305. The van der Waals surface area contributed by atoms with Crippen LogP contribution < -0.4 is 49.2 Å². The molecule has 526 valence electrons. The molecule has 0 aromatic heterocycles. The molecular weight excluding hydrogens is 1230 g/mol. The lowest BCUT2D eigenvalue weighted by molar-refractivity contribution is -0.306. The fourth-order valence-corrected chi connectivity index (χ4v) is 11.0. The second-order valence-electron chi connectivity index (χ2n) is 24.6. The number of nitrogens with two attached hydrogens (primary N) is 5. The van der Waals surface area contributed by atoms with Gasteiger partial charge in [0.25, 0.3) is 0 Å². The van der Waals surface area contributed by atoms with E-state index in [0.29, 0.717) is 88.2 Å². The van der Waals surface area contributed by atoms with Crippen LogP contribution in [0.3, 0.4) is 0 Å². The molecule has 14 N–H and O–H groups in total. The van der Waals surface area contributed by atoms with Crippen LogP contribution in [0.15, 0.2) is 103 Å². The van der Waals surface area contributed by atoms with E-state index in [9.17, 15) is 33.6 Å². The number of quaternary nitrogens is 1. The monoisotopic (exact) mass is 1330 g/mol. The maximum atomic E-state index is 15.1. The van der Waals surface area contributed by atoms with E-state index in [-0.39, 0.29) is 97.2 Å². The molecule has 0 spiro atoms. The molecule has 0 radical (unpaired) electrons. The molecule has 1 atom stereocenters. The van der Waals surface area contributed by atoms with Gasteiger partial charge in [0.1, 0.15) is 19.6 Å². The van der Waals surface area contributed by atoms with Gasteiger partial charge in [0.05, 0.1) is 45.3 Å². The molecule has 1 heterocycles. The van der Waals surface area contributed by atoms with Crippen LogP contribution in [0, 0.1) is 5.92 Å². The van der Waals surface area contributed by atoms with Gasteiger partial charge in [-0.1, -0.05) is 105 Å². The highest BCUT2D eigenvalue weighted by molar-refractivity contribution is 5.94. The van der Waals surface area contributed by atoms with Crippen LogP contribution in [-0.2, 0) is 56.1 Å². The fraction of sp³-hybridized carbons (Fsp3) is 0.529. The molecule has 1 aliphatic rings. The Balaban J connectivity index is 1.38. The Morgan fingerprint density at radius 2 is 0.875 bits per heavy atom. The van der Waals surface area contributed by atoms with Crippen molar-refractivity contribution in [3.63, 3.8) is 0 Å². The summed E-state index contributed by atoms with van der Waals surface area (Å²) in [7, 11) is 0.